The number of amides is 1. The minimum atomic E-state index is -0.448. The molecular weight excluding hydrogens is 288 g/mol. The number of hydrogen-bond acceptors (Lipinski definition) is 3. The van der Waals surface area contributed by atoms with E-state index in [-0.39, 0.29) is 6.09 Å². The first kappa shape index (κ1) is 17.6. The van der Waals surface area contributed by atoms with Gasteiger partial charge in [-0.3, -0.25) is 0 Å². The van der Waals surface area contributed by atoms with Crippen LogP contribution in [0.15, 0.2) is 18.2 Å². The zero-order valence-electron chi connectivity index (χ0n) is 15.0. The van der Waals surface area contributed by atoms with Crippen molar-refractivity contribution in [1.82, 2.24) is 5.32 Å². The number of aryl methyl sites for hydroxylation is 1. The van der Waals surface area contributed by atoms with Crippen LogP contribution in [0.3, 0.4) is 0 Å². The summed E-state index contributed by atoms with van der Waals surface area (Å²) in [7, 11) is 0. The summed E-state index contributed by atoms with van der Waals surface area (Å²) in [5.41, 5.74) is 3.37. The summed E-state index contributed by atoms with van der Waals surface area (Å²) in [5, 5.41) is 6.60. The number of carbonyl (C=O) groups excluding carboxylic acids is 1. The summed E-state index contributed by atoms with van der Waals surface area (Å²) < 4.78 is 5.32. The van der Waals surface area contributed by atoms with Crippen molar-refractivity contribution < 1.29 is 9.53 Å². The van der Waals surface area contributed by atoms with E-state index >= 15 is 0 Å². The molecule has 1 aliphatic carbocycles. The molecule has 1 aromatic rings. The van der Waals surface area contributed by atoms with E-state index in [2.05, 4.69) is 42.7 Å². The Balaban J connectivity index is 1.90. The third-order valence-electron chi connectivity index (χ3n) is 4.51. The van der Waals surface area contributed by atoms with Crippen LogP contribution in [0.4, 0.5) is 10.5 Å². The Labute approximate surface area is 140 Å². The van der Waals surface area contributed by atoms with Crippen molar-refractivity contribution in [2.45, 2.75) is 65.5 Å². The van der Waals surface area contributed by atoms with Crippen LogP contribution in [-0.2, 0) is 4.74 Å². The Morgan fingerprint density at radius 2 is 2.00 bits per heavy atom. The third-order valence-corrected chi connectivity index (χ3v) is 4.51. The number of anilines is 1. The lowest BCUT2D eigenvalue weighted by atomic mass is 10.0. The third kappa shape index (κ3) is 5.15. The van der Waals surface area contributed by atoms with Crippen molar-refractivity contribution in [3.8, 4) is 0 Å². The van der Waals surface area contributed by atoms with E-state index in [1.54, 1.807) is 0 Å². The SMILES string of the molecule is Cc1cccc(NC2CCCC2CNC(=O)OC(C)(C)C)c1C. The minimum Gasteiger partial charge on any atom is -0.444 e. The first-order valence-corrected chi connectivity index (χ1v) is 8.56. The maximum atomic E-state index is 11.8. The molecule has 1 fully saturated rings. The molecule has 1 saturated carbocycles. The summed E-state index contributed by atoms with van der Waals surface area (Å²) in [6.45, 7) is 10.6. The number of ether oxygens (including phenoxy) is 1. The molecule has 4 nitrogen and oxygen atoms in total. The predicted molar refractivity (Wildman–Crippen MR) is 94.9 cm³/mol. The zero-order valence-corrected chi connectivity index (χ0v) is 15.0. The van der Waals surface area contributed by atoms with E-state index in [0.717, 1.165) is 12.8 Å². The second-order valence-electron chi connectivity index (χ2n) is 7.57. The Kier molecular flexibility index (Phi) is 5.55. The molecule has 0 spiro atoms. The quantitative estimate of drug-likeness (QED) is 0.864. The molecule has 1 amide bonds. The molecule has 2 rings (SSSR count). The highest BCUT2D eigenvalue weighted by molar-refractivity contribution is 5.67. The van der Waals surface area contributed by atoms with Crippen molar-refractivity contribution in [3.63, 3.8) is 0 Å². The zero-order chi connectivity index (χ0) is 17.0. The van der Waals surface area contributed by atoms with Gasteiger partial charge in [0.1, 0.15) is 5.60 Å². The molecule has 2 N–H and O–H groups in total. The van der Waals surface area contributed by atoms with E-state index in [9.17, 15) is 4.79 Å². The molecule has 0 aromatic heterocycles. The first-order valence-electron chi connectivity index (χ1n) is 8.56. The number of carbonyl (C=O) groups is 1. The van der Waals surface area contributed by atoms with Crippen LogP contribution < -0.4 is 10.6 Å². The van der Waals surface area contributed by atoms with Crippen molar-refractivity contribution in [3.05, 3.63) is 29.3 Å². The lowest BCUT2D eigenvalue weighted by Gasteiger charge is -2.25. The van der Waals surface area contributed by atoms with Crippen molar-refractivity contribution in [2.24, 2.45) is 5.92 Å². The van der Waals surface area contributed by atoms with E-state index in [1.165, 1.54) is 23.2 Å². The fourth-order valence-electron chi connectivity index (χ4n) is 3.11. The van der Waals surface area contributed by atoms with Crippen molar-refractivity contribution in [2.75, 3.05) is 11.9 Å². The lowest BCUT2D eigenvalue weighted by molar-refractivity contribution is 0.0519. The lowest BCUT2D eigenvalue weighted by Crippen LogP contribution is -2.38. The number of alkyl carbamates (subject to hydrolysis) is 1. The van der Waals surface area contributed by atoms with Gasteiger partial charge < -0.3 is 15.4 Å². The van der Waals surface area contributed by atoms with Crippen LogP contribution in [-0.4, -0.2) is 24.3 Å². The summed E-state index contributed by atoms with van der Waals surface area (Å²) in [6.07, 6.45) is 3.16. The fraction of sp³-hybridized carbons (Fsp3) is 0.632. The maximum absolute atomic E-state index is 11.8. The molecule has 1 aromatic carbocycles. The molecule has 0 radical (unpaired) electrons. The highest BCUT2D eigenvalue weighted by Crippen LogP contribution is 2.30. The highest BCUT2D eigenvalue weighted by Gasteiger charge is 2.28. The molecule has 1 aliphatic rings. The summed E-state index contributed by atoms with van der Waals surface area (Å²) >= 11 is 0. The molecule has 0 bridgehead atoms. The summed E-state index contributed by atoms with van der Waals surface area (Å²) in [6, 6.07) is 6.77. The van der Waals surface area contributed by atoms with Gasteiger partial charge in [-0.2, -0.15) is 0 Å². The molecule has 2 unspecified atom stereocenters. The largest absolute Gasteiger partial charge is 0.444 e. The van der Waals surface area contributed by atoms with Crippen LogP contribution in [0.2, 0.25) is 0 Å². The van der Waals surface area contributed by atoms with Gasteiger partial charge in [-0.15, -0.1) is 0 Å². The van der Waals surface area contributed by atoms with Gasteiger partial charge in [-0.25, -0.2) is 4.79 Å². The molecule has 4 heteroatoms. The van der Waals surface area contributed by atoms with Gasteiger partial charge in [0.25, 0.3) is 0 Å². The Hall–Kier alpha value is -1.71. The summed E-state index contributed by atoms with van der Waals surface area (Å²) in [5.74, 6) is 0.447. The van der Waals surface area contributed by atoms with E-state index < -0.39 is 5.60 Å². The fourth-order valence-corrected chi connectivity index (χ4v) is 3.11. The molecule has 2 atom stereocenters. The van der Waals surface area contributed by atoms with Crippen LogP contribution in [0.25, 0.3) is 0 Å². The minimum absolute atomic E-state index is 0.324. The molecule has 0 saturated heterocycles. The van der Waals surface area contributed by atoms with Crippen LogP contribution in [0, 0.1) is 19.8 Å². The number of benzene rings is 1. The molecule has 128 valence electrons. The van der Waals surface area contributed by atoms with Crippen LogP contribution >= 0.6 is 0 Å². The second-order valence-corrected chi connectivity index (χ2v) is 7.57. The van der Waals surface area contributed by atoms with Gasteiger partial charge in [0, 0.05) is 18.3 Å². The average molecular weight is 318 g/mol. The molecule has 0 aliphatic heterocycles. The van der Waals surface area contributed by atoms with Gasteiger partial charge in [-0.05, 0) is 70.6 Å². The van der Waals surface area contributed by atoms with Gasteiger partial charge in [0.15, 0.2) is 0 Å². The van der Waals surface area contributed by atoms with Gasteiger partial charge in [0.2, 0.25) is 0 Å². The normalized spacial score (nSPS) is 21.1. The molecular formula is C19H30N2O2. The molecule has 0 heterocycles. The van der Waals surface area contributed by atoms with Crippen molar-refractivity contribution >= 4 is 11.8 Å². The van der Waals surface area contributed by atoms with Crippen molar-refractivity contribution in [1.29, 1.82) is 0 Å². The Bertz CT molecular complexity index is 549. The van der Waals surface area contributed by atoms with Crippen LogP contribution in [0.1, 0.15) is 51.2 Å². The van der Waals surface area contributed by atoms with E-state index in [4.69, 9.17) is 4.74 Å². The number of hydrogen-bond donors (Lipinski definition) is 2. The van der Waals surface area contributed by atoms with Gasteiger partial charge in [-0.1, -0.05) is 18.6 Å². The highest BCUT2D eigenvalue weighted by atomic mass is 16.6. The topological polar surface area (TPSA) is 50.4 Å². The number of nitrogens with one attached hydrogen (secondary N) is 2. The smallest absolute Gasteiger partial charge is 0.407 e. The monoisotopic (exact) mass is 318 g/mol. The summed E-state index contributed by atoms with van der Waals surface area (Å²) in [4.78, 5) is 11.8. The Morgan fingerprint density at radius 3 is 2.70 bits per heavy atom. The Morgan fingerprint density at radius 1 is 1.26 bits per heavy atom. The first-order chi connectivity index (χ1) is 10.8. The average Bonchev–Trinajstić information content (AvgIpc) is 2.87. The van der Waals surface area contributed by atoms with E-state index in [0.29, 0.717) is 18.5 Å². The van der Waals surface area contributed by atoms with Gasteiger partial charge in [0.05, 0.1) is 0 Å². The van der Waals surface area contributed by atoms with Gasteiger partial charge >= 0.3 is 6.09 Å². The standard InChI is InChI=1S/C19H30N2O2/c1-13-8-6-10-16(14(13)2)21-17-11-7-9-15(17)12-20-18(22)23-19(3,4)5/h6,8,10,15,17,21H,7,9,11-12H2,1-5H3,(H,20,22). The maximum Gasteiger partial charge on any atom is 0.407 e. The predicted octanol–water partition coefficient (Wildman–Crippen LogP) is 4.41. The van der Waals surface area contributed by atoms with Crippen LogP contribution in [0.5, 0.6) is 0 Å². The molecule has 23 heavy (non-hydrogen) atoms. The van der Waals surface area contributed by atoms with E-state index in [1.807, 2.05) is 20.8 Å². The second kappa shape index (κ2) is 7.24. The number of rotatable bonds is 4.